The van der Waals surface area contributed by atoms with E-state index in [4.69, 9.17) is 14.5 Å². The molecule has 1 aliphatic rings. The van der Waals surface area contributed by atoms with E-state index in [9.17, 15) is 9.59 Å². The van der Waals surface area contributed by atoms with Crippen LogP contribution in [0.25, 0.3) is 11.2 Å². The summed E-state index contributed by atoms with van der Waals surface area (Å²) in [6.07, 6.45) is 0. The van der Waals surface area contributed by atoms with Crippen LogP contribution in [0, 0.1) is 12.8 Å². The summed E-state index contributed by atoms with van der Waals surface area (Å²) in [6, 6.07) is 5.99. The summed E-state index contributed by atoms with van der Waals surface area (Å²) in [4.78, 5) is 33.0. The minimum Gasteiger partial charge on any atom is -0.495 e. The lowest BCUT2D eigenvalue weighted by Crippen LogP contribution is -2.41. The first-order valence-electron chi connectivity index (χ1n) is 10.6. The molecule has 1 aromatic carbocycles. The first-order chi connectivity index (χ1) is 14.9. The summed E-state index contributed by atoms with van der Waals surface area (Å²) in [5.41, 5.74) is 2.11. The largest absolute Gasteiger partial charge is 0.495 e. The van der Waals surface area contributed by atoms with Crippen molar-refractivity contribution >= 4 is 22.8 Å². The second kappa shape index (κ2) is 8.22. The van der Waals surface area contributed by atoms with Crippen LogP contribution in [0.3, 0.4) is 0 Å². The zero-order chi connectivity index (χ0) is 22.3. The van der Waals surface area contributed by atoms with Crippen molar-refractivity contribution < 1.29 is 9.47 Å². The monoisotopic (exact) mass is 427 g/mol. The van der Waals surface area contributed by atoms with E-state index in [0.717, 1.165) is 23.5 Å². The van der Waals surface area contributed by atoms with Crippen LogP contribution in [0.1, 0.15) is 19.4 Å². The lowest BCUT2D eigenvalue weighted by molar-refractivity contribution is 0.137. The number of anilines is 2. The van der Waals surface area contributed by atoms with E-state index in [1.54, 1.807) is 14.2 Å². The van der Waals surface area contributed by atoms with Crippen LogP contribution in [-0.4, -0.2) is 45.6 Å². The first kappa shape index (κ1) is 21.2. The fourth-order valence-corrected chi connectivity index (χ4v) is 4.22. The molecule has 3 aromatic rings. The molecule has 0 amide bonds. The molecule has 1 atom stereocenters. The van der Waals surface area contributed by atoms with Gasteiger partial charge in [0.15, 0.2) is 11.2 Å². The molecule has 0 N–H and O–H groups in total. The zero-order valence-corrected chi connectivity index (χ0v) is 18.7. The van der Waals surface area contributed by atoms with Crippen LogP contribution in [0.4, 0.5) is 11.6 Å². The van der Waals surface area contributed by atoms with E-state index >= 15 is 0 Å². The van der Waals surface area contributed by atoms with E-state index < -0.39 is 0 Å². The second-order valence-corrected chi connectivity index (χ2v) is 8.08. The van der Waals surface area contributed by atoms with Gasteiger partial charge in [0.25, 0.3) is 5.56 Å². The smallest absolute Gasteiger partial charge is 0.332 e. The van der Waals surface area contributed by atoms with Gasteiger partial charge in [-0.3, -0.25) is 13.9 Å². The highest BCUT2D eigenvalue weighted by Crippen LogP contribution is 2.38. The minimum atomic E-state index is -0.389. The Hall–Kier alpha value is -3.07. The Bertz CT molecular complexity index is 1240. The van der Waals surface area contributed by atoms with Crippen molar-refractivity contribution in [2.24, 2.45) is 13.0 Å². The Balaban J connectivity index is 1.95. The molecule has 0 saturated carbocycles. The number of aryl methyl sites for hydroxylation is 2. The van der Waals surface area contributed by atoms with Gasteiger partial charge >= 0.3 is 5.69 Å². The van der Waals surface area contributed by atoms with Gasteiger partial charge in [0.1, 0.15) is 5.75 Å². The van der Waals surface area contributed by atoms with Crippen LogP contribution >= 0.6 is 0 Å². The average molecular weight is 428 g/mol. The SMILES string of the molecule is CCOCCn1c(=O)c2c(nc3n2C[C@@H](C)CN3c2cc(C)ccc2OC)n(C)c1=O. The number of fused-ring (bicyclic) bond motifs is 3. The number of methoxy groups -OCH3 is 1. The summed E-state index contributed by atoms with van der Waals surface area (Å²) < 4.78 is 15.6. The molecule has 3 heterocycles. The van der Waals surface area contributed by atoms with E-state index in [1.165, 1.54) is 9.13 Å². The molecular weight excluding hydrogens is 398 g/mol. The molecule has 166 valence electrons. The molecule has 0 aliphatic carbocycles. The van der Waals surface area contributed by atoms with Gasteiger partial charge in [-0.2, -0.15) is 4.98 Å². The van der Waals surface area contributed by atoms with E-state index in [2.05, 4.69) is 17.9 Å². The number of rotatable bonds is 6. The number of ether oxygens (including phenoxy) is 2. The minimum absolute atomic E-state index is 0.209. The highest BCUT2D eigenvalue weighted by Gasteiger charge is 2.31. The Morgan fingerprint density at radius 1 is 1.23 bits per heavy atom. The van der Waals surface area contributed by atoms with E-state index in [1.807, 2.05) is 30.5 Å². The van der Waals surface area contributed by atoms with Gasteiger partial charge < -0.3 is 18.9 Å². The summed E-state index contributed by atoms with van der Waals surface area (Å²) in [5, 5.41) is 0. The lowest BCUT2D eigenvalue weighted by atomic mass is 10.1. The fraction of sp³-hybridized carbons (Fsp3) is 0.500. The van der Waals surface area contributed by atoms with Crippen molar-refractivity contribution in [2.45, 2.75) is 33.9 Å². The molecule has 1 aliphatic heterocycles. The molecular formula is C22H29N5O4. The molecule has 31 heavy (non-hydrogen) atoms. The van der Waals surface area contributed by atoms with Crippen LogP contribution in [0.5, 0.6) is 5.75 Å². The van der Waals surface area contributed by atoms with Gasteiger partial charge in [-0.25, -0.2) is 4.79 Å². The Morgan fingerprint density at radius 3 is 2.71 bits per heavy atom. The topological polar surface area (TPSA) is 83.5 Å². The highest BCUT2D eigenvalue weighted by atomic mass is 16.5. The number of benzene rings is 1. The summed E-state index contributed by atoms with van der Waals surface area (Å²) in [7, 11) is 3.30. The molecule has 9 nitrogen and oxygen atoms in total. The number of hydrogen-bond donors (Lipinski definition) is 0. The maximum absolute atomic E-state index is 13.3. The Morgan fingerprint density at radius 2 is 2.00 bits per heavy atom. The van der Waals surface area contributed by atoms with Crippen LogP contribution in [0.2, 0.25) is 0 Å². The fourth-order valence-electron chi connectivity index (χ4n) is 4.22. The van der Waals surface area contributed by atoms with Gasteiger partial charge in [-0.1, -0.05) is 13.0 Å². The van der Waals surface area contributed by atoms with E-state index in [0.29, 0.717) is 36.9 Å². The number of imidazole rings is 1. The van der Waals surface area contributed by atoms with Crippen LogP contribution in [0.15, 0.2) is 27.8 Å². The predicted octanol–water partition coefficient (Wildman–Crippen LogP) is 2.04. The molecule has 9 heteroatoms. The quantitative estimate of drug-likeness (QED) is 0.560. The van der Waals surface area contributed by atoms with Crippen molar-refractivity contribution in [1.29, 1.82) is 0 Å². The normalized spacial score (nSPS) is 16.0. The van der Waals surface area contributed by atoms with Gasteiger partial charge in [-0.15, -0.1) is 0 Å². The van der Waals surface area contributed by atoms with Gasteiger partial charge in [-0.05, 0) is 37.5 Å². The van der Waals surface area contributed by atoms with Crippen molar-refractivity contribution in [3.63, 3.8) is 0 Å². The maximum atomic E-state index is 13.3. The third-order valence-corrected chi connectivity index (χ3v) is 5.73. The number of hydrogen-bond acceptors (Lipinski definition) is 6. The van der Waals surface area contributed by atoms with E-state index in [-0.39, 0.29) is 23.7 Å². The molecule has 0 fully saturated rings. The molecule has 0 unspecified atom stereocenters. The second-order valence-electron chi connectivity index (χ2n) is 8.08. The Labute approximate surface area is 180 Å². The molecule has 0 bridgehead atoms. The van der Waals surface area contributed by atoms with Crippen molar-refractivity contribution in [2.75, 3.05) is 31.8 Å². The number of nitrogens with zero attached hydrogens (tertiary/aromatic N) is 5. The van der Waals surface area contributed by atoms with Crippen LogP contribution in [-0.2, 0) is 24.9 Å². The predicted molar refractivity (Wildman–Crippen MR) is 120 cm³/mol. The van der Waals surface area contributed by atoms with Crippen molar-refractivity contribution in [1.82, 2.24) is 18.7 Å². The molecule has 0 spiro atoms. The van der Waals surface area contributed by atoms with Crippen LogP contribution < -0.4 is 20.9 Å². The molecule has 0 saturated heterocycles. The lowest BCUT2D eigenvalue weighted by Gasteiger charge is -2.33. The third kappa shape index (κ3) is 3.52. The maximum Gasteiger partial charge on any atom is 0.332 e. The zero-order valence-electron chi connectivity index (χ0n) is 18.7. The first-order valence-corrected chi connectivity index (χ1v) is 10.6. The summed E-state index contributed by atoms with van der Waals surface area (Å²) in [6.45, 7) is 8.48. The van der Waals surface area contributed by atoms with Crippen molar-refractivity contribution in [3.05, 3.63) is 44.6 Å². The molecule has 2 aromatic heterocycles. The highest BCUT2D eigenvalue weighted by molar-refractivity contribution is 5.78. The standard InChI is InChI=1S/C22H29N5O4/c1-6-31-10-9-25-20(28)18-19(24(4)22(25)29)23-21-26(12-15(3)13-27(18)21)16-11-14(2)7-8-17(16)30-5/h7-8,11,15H,6,9-10,12-13H2,1-5H3/t15-/m0/s1. The molecule has 4 rings (SSSR count). The summed E-state index contributed by atoms with van der Waals surface area (Å²) in [5.74, 6) is 1.65. The average Bonchev–Trinajstić information content (AvgIpc) is 3.13. The third-order valence-electron chi connectivity index (χ3n) is 5.73. The van der Waals surface area contributed by atoms with Gasteiger partial charge in [0, 0.05) is 26.7 Å². The van der Waals surface area contributed by atoms with Crippen molar-refractivity contribution in [3.8, 4) is 5.75 Å². The summed E-state index contributed by atoms with van der Waals surface area (Å²) >= 11 is 0. The van der Waals surface area contributed by atoms with Gasteiger partial charge in [0.2, 0.25) is 5.95 Å². The van der Waals surface area contributed by atoms with Gasteiger partial charge in [0.05, 0.1) is 25.9 Å². The molecule has 0 radical (unpaired) electrons. The number of aromatic nitrogens is 4. The Kier molecular flexibility index (Phi) is 5.62.